The molecule has 0 spiro atoms. The first-order valence-corrected chi connectivity index (χ1v) is 7.19. The van der Waals surface area contributed by atoms with E-state index >= 15 is 0 Å². The fourth-order valence-corrected chi connectivity index (χ4v) is 2.48. The van der Waals surface area contributed by atoms with Gasteiger partial charge in [0.05, 0.1) is 11.6 Å². The highest BCUT2D eigenvalue weighted by Gasteiger charge is 2.25. The molecule has 1 N–H and O–H groups in total. The summed E-state index contributed by atoms with van der Waals surface area (Å²) >= 11 is 0. The number of likely N-dealkylation sites (tertiary alicyclic amines) is 1. The average molecular weight is 285 g/mol. The smallest absolute Gasteiger partial charge is 0.226 e. The van der Waals surface area contributed by atoms with Gasteiger partial charge in [-0.25, -0.2) is 0 Å². The summed E-state index contributed by atoms with van der Waals surface area (Å²) in [4.78, 5) is 25.6. The van der Waals surface area contributed by atoms with Crippen LogP contribution in [0.3, 0.4) is 0 Å². The second kappa shape index (κ2) is 6.89. The number of carbonyl (C=O) groups excluding carboxylic acids is 2. The maximum atomic E-state index is 11.9. The van der Waals surface area contributed by atoms with E-state index < -0.39 is 0 Å². The van der Waals surface area contributed by atoms with Gasteiger partial charge in [-0.05, 0) is 31.0 Å². The summed E-state index contributed by atoms with van der Waals surface area (Å²) in [5.41, 5.74) is 1.12. The van der Waals surface area contributed by atoms with E-state index in [0.29, 0.717) is 17.8 Å². The molecule has 1 unspecified atom stereocenters. The van der Waals surface area contributed by atoms with E-state index in [1.165, 1.54) is 0 Å². The van der Waals surface area contributed by atoms with Gasteiger partial charge in [0.2, 0.25) is 11.8 Å². The number of rotatable bonds is 4. The van der Waals surface area contributed by atoms with Gasteiger partial charge in [-0.15, -0.1) is 0 Å². The molecule has 2 amide bonds. The minimum absolute atomic E-state index is 0.0640. The van der Waals surface area contributed by atoms with Crippen molar-refractivity contribution in [1.82, 2.24) is 4.90 Å². The summed E-state index contributed by atoms with van der Waals surface area (Å²) in [6.07, 6.45) is 2.20. The lowest BCUT2D eigenvalue weighted by molar-refractivity contribution is -0.138. The third kappa shape index (κ3) is 4.06. The van der Waals surface area contributed by atoms with E-state index in [1.807, 2.05) is 13.0 Å². The van der Waals surface area contributed by atoms with Crippen molar-refractivity contribution in [2.24, 2.45) is 5.92 Å². The number of amides is 2. The molecular formula is C16H19N3O2. The Morgan fingerprint density at radius 3 is 3.10 bits per heavy atom. The van der Waals surface area contributed by atoms with E-state index in [2.05, 4.69) is 5.32 Å². The van der Waals surface area contributed by atoms with Gasteiger partial charge in [-0.2, -0.15) is 5.26 Å². The monoisotopic (exact) mass is 285 g/mol. The summed E-state index contributed by atoms with van der Waals surface area (Å²) in [6, 6.07) is 8.81. The molecule has 1 atom stereocenters. The number of piperidine rings is 1. The number of carbonyl (C=O) groups is 2. The van der Waals surface area contributed by atoms with Crippen LogP contribution in [0.5, 0.6) is 0 Å². The molecule has 1 heterocycles. The fourth-order valence-electron chi connectivity index (χ4n) is 2.48. The zero-order valence-corrected chi connectivity index (χ0v) is 12.1. The lowest BCUT2D eigenvalue weighted by atomic mass is 9.99. The van der Waals surface area contributed by atoms with Crippen molar-refractivity contribution in [2.75, 3.05) is 18.4 Å². The highest BCUT2D eigenvalue weighted by Crippen LogP contribution is 2.17. The molecule has 21 heavy (non-hydrogen) atoms. The van der Waals surface area contributed by atoms with Gasteiger partial charge >= 0.3 is 0 Å². The molecule has 110 valence electrons. The van der Waals surface area contributed by atoms with E-state index in [9.17, 15) is 9.59 Å². The van der Waals surface area contributed by atoms with Crippen LogP contribution in [0.25, 0.3) is 0 Å². The van der Waals surface area contributed by atoms with Crippen LogP contribution in [0.2, 0.25) is 0 Å². The molecule has 0 bridgehead atoms. The molecule has 1 aliphatic rings. The van der Waals surface area contributed by atoms with Crippen LogP contribution in [0, 0.1) is 17.2 Å². The number of benzene rings is 1. The van der Waals surface area contributed by atoms with Crippen molar-refractivity contribution >= 4 is 17.5 Å². The minimum Gasteiger partial charge on any atom is -0.342 e. The summed E-state index contributed by atoms with van der Waals surface area (Å²) in [5, 5.41) is 11.6. The Bertz CT molecular complexity index is 577. The Hall–Kier alpha value is -2.35. The van der Waals surface area contributed by atoms with E-state index in [-0.39, 0.29) is 24.2 Å². The van der Waals surface area contributed by atoms with Crippen LogP contribution in [0.15, 0.2) is 24.3 Å². The molecule has 1 aromatic rings. The predicted octanol–water partition coefficient (Wildman–Crippen LogP) is 2.15. The fraction of sp³-hybridized carbons (Fsp3) is 0.438. The molecule has 5 nitrogen and oxygen atoms in total. The van der Waals surface area contributed by atoms with Crippen molar-refractivity contribution < 1.29 is 9.59 Å². The molecule has 5 heteroatoms. The quantitative estimate of drug-likeness (QED) is 0.921. The first-order valence-electron chi connectivity index (χ1n) is 7.19. The summed E-state index contributed by atoms with van der Waals surface area (Å²) < 4.78 is 0. The maximum absolute atomic E-state index is 11.9. The van der Waals surface area contributed by atoms with Gasteiger partial charge < -0.3 is 10.2 Å². The summed E-state index contributed by atoms with van der Waals surface area (Å²) in [6.45, 7) is 3.12. The largest absolute Gasteiger partial charge is 0.342 e. The van der Waals surface area contributed by atoms with Gasteiger partial charge in [0.15, 0.2) is 0 Å². The number of nitriles is 1. The minimum atomic E-state index is -0.142. The highest BCUT2D eigenvalue weighted by molar-refractivity contribution is 5.91. The molecular weight excluding hydrogens is 266 g/mol. The molecule has 1 fully saturated rings. The van der Waals surface area contributed by atoms with Gasteiger partial charge in [0, 0.05) is 31.1 Å². The molecule has 2 rings (SSSR count). The first kappa shape index (κ1) is 15.0. The van der Waals surface area contributed by atoms with Crippen molar-refractivity contribution in [2.45, 2.75) is 26.2 Å². The Morgan fingerprint density at radius 1 is 1.52 bits per heavy atom. The van der Waals surface area contributed by atoms with Crippen LogP contribution >= 0.6 is 0 Å². The van der Waals surface area contributed by atoms with Crippen LogP contribution in [-0.2, 0) is 9.59 Å². The molecule has 0 aliphatic carbocycles. The SMILES string of the molecule is CC1CCCN(CCC(=O)Nc2cccc(C#N)c2)C1=O. The molecule has 0 aromatic heterocycles. The normalized spacial score (nSPS) is 18.2. The van der Waals surface area contributed by atoms with Gasteiger partial charge in [-0.3, -0.25) is 9.59 Å². The molecule has 0 radical (unpaired) electrons. The van der Waals surface area contributed by atoms with Crippen molar-refractivity contribution in [3.05, 3.63) is 29.8 Å². The third-order valence-electron chi connectivity index (χ3n) is 3.68. The highest BCUT2D eigenvalue weighted by atomic mass is 16.2. The standard InChI is InChI=1S/C16H19N3O2/c1-12-4-3-8-19(16(12)21)9-7-15(20)18-14-6-2-5-13(10-14)11-17/h2,5-6,10,12H,3-4,7-9H2,1H3,(H,18,20). The Morgan fingerprint density at radius 2 is 2.33 bits per heavy atom. The van der Waals surface area contributed by atoms with Gasteiger partial charge in [0.25, 0.3) is 0 Å². The van der Waals surface area contributed by atoms with Gasteiger partial charge in [0.1, 0.15) is 0 Å². The third-order valence-corrected chi connectivity index (χ3v) is 3.68. The molecule has 1 saturated heterocycles. The Balaban J connectivity index is 1.84. The van der Waals surface area contributed by atoms with Crippen LogP contribution in [0.1, 0.15) is 31.7 Å². The zero-order chi connectivity index (χ0) is 15.2. The molecule has 0 saturated carbocycles. The first-order chi connectivity index (χ1) is 10.1. The maximum Gasteiger partial charge on any atom is 0.226 e. The predicted molar refractivity (Wildman–Crippen MR) is 79.4 cm³/mol. The van der Waals surface area contributed by atoms with Crippen LogP contribution < -0.4 is 5.32 Å². The Kier molecular flexibility index (Phi) is 4.94. The van der Waals surface area contributed by atoms with Gasteiger partial charge in [-0.1, -0.05) is 13.0 Å². The van der Waals surface area contributed by atoms with Crippen LogP contribution in [0.4, 0.5) is 5.69 Å². The zero-order valence-electron chi connectivity index (χ0n) is 12.1. The van der Waals surface area contributed by atoms with E-state index in [4.69, 9.17) is 5.26 Å². The lowest BCUT2D eigenvalue weighted by Gasteiger charge is -2.30. The Labute approximate surface area is 124 Å². The van der Waals surface area contributed by atoms with E-state index in [0.717, 1.165) is 19.4 Å². The van der Waals surface area contributed by atoms with Crippen molar-refractivity contribution in [1.29, 1.82) is 5.26 Å². The molecule has 1 aliphatic heterocycles. The lowest BCUT2D eigenvalue weighted by Crippen LogP contribution is -2.41. The second-order valence-electron chi connectivity index (χ2n) is 5.36. The topological polar surface area (TPSA) is 73.2 Å². The average Bonchev–Trinajstić information content (AvgIpc) is 2.49. The summed E-state index contributed by atoms with van der Waals surface area (Å²) in [7, 11) is 0. The summed E-state index contributed by atoms with van der Waals surface area (Å²) in [5.74, 6) is 0.0609. The number of hydrogen-bond acceptors (Lipinski definition) is 3. The number of hydrogen-bond donors (Lipinski definition) is 1. The van der Waals surface area contributed by atoms with Crippen LogP contribution in [-0.4, -0.2) is 29.8 Å². The number of anilines is 1. The van der Waals surface area contributed by atoms with E-state index in [1.54, 1.807) is 29.2 Å². The second-order valence-corrected chi connectivity index (χ2v) is 5.36. The van der Waals surface area contributed by atoms with Crippen molar-refractivity contribution in [3.63, 3.8) is 0 Å². The van der Waals surface area contributed by atoms with Crippen molar-refractivity contribution in [3.8, 4) is 6.07 Å². The molecule has 1 aromatic carbocycles. The number of nitrogens with one attached hydrogen (secondary N) is 1. The number of nitrogens with zero attached hydrogens (tertiary/aromatic N) is 2.